The molecular weight excluding hydrogens is 413 g/mol. The molecule has 7 nitrogen and oxygen atoms in total. The number of nitrogens with one attached hydrogen (secondary N) is 1. The Hall–Kier alpha value is -1.39. The lowest BCUT2D eigenvalue weighted by Crippen LogP contribution is -2.42. The maximum Gasteiger partial charge on any atom is 0.254 e. The number of carbonyl (C=O) groups excluding carboxylic acids is 1. The van der Waals surface area contributed by atoms with Crippen molar-refractivity contribution in [2.45, 2.75) is 0 Å². The van der Waals surface area contributed by atoms with Crippen molar-refractivity contribution in [1.82, 2.24) is 10.3 Å². The zero-order valence-electron chi connectivity index (χ0n) is 13.2. The SMILES string of the molecule is COc1cc(/C=N/NC(=O)CN2CCOCC2)cc(I)c1OC. The summed E-state index contributed by atoms with van der Waals surface area (Å²) in [7, 11) is 3.18. The van der Waals surface area contributed by atoms with Gasteiger partial charge in [-0.15, -0.1) is 0 Å². The van der Waals surface area contributed by atoms with Crippen LogP contribution < -0.4 is 14.9 Å². The Bertz CT molecular complexity index is 574. The number of hydrazone groups is 1. The topological polar surface area (TPSA) is 72.4 Å². The lowest BCUT2D eigenvalue weighted by Gasteiger charge is -2.25. The van der Waals surface area contributed by atoms with E-state index in [1.807, 2.05) is 11.0 Å². The first-order chi connectivity index (χ1) is 11.1. The number of carbonyl (C=O) groups is 1. The molecule has 1 aliphatic rings. The van der Waals surface area contributed by atoms with E-state index in [0.29, 0.717) is 31.3 Å². The molecule has 0 unspecified atom stereocenters. The number of benzene rings is 1. The molecule has 1 fully saturated rings. The molecule has 0 saturated carbocycles. The van der Waals surface area contributed by atoms with Gasteiger partial charge in [0.15, 0.2) is 11.5 Å². The monoisotopic (exact) mass is 433 g/mol. The van der Waals surface area contributed by atoms with Gasteiger partial charge >= 0.3 is 0 Å². The van der Waals surface area contributed by atoms with Gasteiger partial charge in [0.05, 0.1) is 43.8 Å². The average Bonchev–Trinajstić information content (AvgIpc) is 2.55. The highest BCUT2D eigenvalue weighted by atomic mass is 127. The van der Waals surface area contributed by atoms with Gasteiger partial charge in [-0.25, -0.2) is 5.43 Å². The van der Waals surface area contributed by atoms with Gasteiger partial charge in [-0.1, -0.05) is 0 Å². The summed E-state index contributed by atoms with van der Waals surface area (Å²) < 4.78 is 16.7. The highest BCUT2D eigenvalue weighted by molar-refractivity contribution is 14.1. The molecule has 1 amide bonds. The van der Waals surface area contributed by atoms with Crippen LogP contribution in [0, 0.1) is 3.57 Å². The second kappa shape index (κ2) is 9.04. The number of ether oxygens (including phenoxy) is 3. The molecule has 0 radical (unpaired) electrons. The predicted octanol–water partition coefficient (Wildman–Crippen LogP) is 1.09. The normalized spacial score (nSPS) is 15.6. The summed E-state index contributed by atoms with van der Waals surface area (Å²) in [6.07, 6.45) is 1.58. The third kappa shape index (κ3) is 5.33. The molecule has 0 spiro atoms. The van der Waals surface area contributed by atoms with E-state index in [9.17, 15) is 4.79 Å². The van der Waals surface area contributed by atoms with Crippen LogP contribution >= 0.6 is 22.6 Å². The van der Waals surface area contributed by atoms with E-state index in [0.717, 1.165) is 22.2 Å². The summed E-state index contributed by atoms with van der Waals surface area (Å²) in [5, 5.41) is 4.00. The van der Waals surface area contributed by atoms with Gasteiger partial charge in [-0.05, 0) is 40.3 Å². The smallest absolute Gasteiger partial charge is 0.254 e. The van der Waals surface area contributed by atoms with Crippen LogP contribution in [0.15, 0.2) is 17.2 Å². The molecular formula is C15H20IN3O4. The Balaban J connectivity index is 1.92. The summed E-state index contributed by atoms with van der Waals surface area (Å²) >= 11 is 2.16. The molecule has 126 valence electrons. The maximum atomic E-state index is 11.8. The second-order valence-corrected chi connectivity index (χ2v) is 6.08. The molecule has 1 aromatic carbocycles. The standard InChI is InChI=1S/C15H20IN3O4/c1-21-13-8-11(7-12(16)15(13)22-2)9-17-18-14(20)10-19-3-5-23-6-4-19/h7-9H,3-6,10H2,1-2H3,(H,18,20)/b17-9+. The molecule has 2 rings (SSSR count). The van der Waals surface area contributed by atoms with Crippen molar-refractivity contribution in [1.29, 1.82) is 0 Å². The quantitative estimate of drug-likeness (QED) is 0.413. The summed E-state index contributed by atoms with van der Waals surface area (Å²) in [5.74, 6) is 1.17. The molecule has 0 atom stereocenters. The molecule has 0 aliphatic carbocycles. The molecule has 1 heterocycles. The lowest BCUT2D eigenvalue weighted by atomic mass is 10.2. The number of rotatable bonds is 6. The van der Waals surface area contributed by atoms with Crippen molar-refractivity contribution in [2.75, 3.05) is 47.1 Å². The Labute approximate surface area is 149 Å². The molecule has 1 saturated heterocycles. The van der Waals surface area contributed by atoms with Crippen molar-refractivity contribution in [3.8, 4) is 11.5 Å². The van der Waals surface area contributed by atoms with E-state index in [4.69, 9.17) is 14.2 Å². The number of morpholine rings is 1. The second-order valence-electron chi connectivity index (χ2n) is 4.92. The predicted molar refractivity (Wildman–Crippen MR) is 95.3 cm³/mol. The average molecular weight is 433 g/mol. The van der Waals surface area contributed by atoms with Gasteiger partial charge in [-0.2, -0.15) is 5.10 Å². The van der Waals surface area contributed by atoms with Crippen molar-refractivity contribution in [3.63, 3.8) is 0 Å². The third-order valence-electron chi connectivity index (χ3n) is 3.33. The molecule has 1 N–H and O–H groups in total. The molecule has 1 aliphatic heterocycles. The fraction of sp³-hybridized carbons (Fsp3) is 0.467. The number of hydrogen-bond acceptors (Lipinski definition) is 6. The number of nitrogens with zero attached hydrogens (tertiary/aromatic N) is 2. The van der Waals surface area contributed by atoms with Gasteiger partial charge in [0.25, 0.3) is 5.91 Å². The van der Waals surface area contributed by atoms with E-state index < -0.39 is 0 Å². The van der Waals surface area contributed by atoms with Crippen molar-refractivity contribution in [3.05, 3.63) is 21.3 Å². The summed E-state index contributed by atoms with van der Waals surface area (Å²) in [6.45, 7) is 3.20. The molecule has 23 heavy (non-hydrogen) atoms. The molecule has 8 heteroatoms. The van der Waals surface area contributed by atoms with Crippen LogP contribution in [-0.2, 0) is 9.53 Å². The van der Waals surface area contributed by atoms with Crippen LogP contribution in [0.2, 0.25) is 0 Å². The maximum absolute atomic E-state index is 11.8. The third-order valence-corrected chi connectivity index (χ3v) is 4.13. The fourth-order valence-electron chi connectivity index (χ4n) is 2.19. The van der Waals surface area contributed by atoms with Gasteiger partial charge in [-0.3, -0.25) is 9.69 Å². The van der Waals surface area contributed by atoms with Crippen molar-refractivity contribution < 1.29 is 19.0 Å². The van der Waals surface area contributed by atoms with E-state index in [-0.39, 0.29) is 5.91 Å². The number of methoxy groups -OCH3 is 2. The highest BCUT2D eigenvalue weighted by Crippen LogP contribution is 2.32. The summed E-state index contributed by atoms with van der Waals surface area (Å²) in [5.41, 5.74) is 3.36. The summed E-state index contributed by atoms with van der Waals surface area (Å²) in [4.78, 5) is 13.9. The van der Waals surface area contributed by atoms with Crippen LogP contribution in [0.25, 0.3) is 0 Å². The van der Waals surface area contributed by atoms with Gasteiger partial charge < -0.3 is 14.2 Å². The van der Waals surface area contributed by atoms with Crippen LogP contribution in [0.1, 0.15) is 5.56 Å². The van der Waals surface area contributed by atoms with Gasteiger partial charge in [0, 0.05) is 13.1 Å². The summed E-state index contributed by atoms with van der Waals surface area (Å²) in [6, 6.07) is 3.71. The zero-order chi connectivity index (χ0) is 16.7. The largest absolute Gasteiger partial charge is 0.493 e. The number of amides is 1. The zero-order valence-corrected chi connectivity index (χ0v) is 15.3. The van der Waals surface area contributed by atoms with E-state index >= 15 is 0 Å². The first-order valence-electron chi connectivity index (χ1n) is 7.17. The fourth-order valence-corrected chi connectivity index (χ4v) is 3.03. The van der Waals surface area contributed by atoms with Crippen molar-refractivity contribution >= 4 is 34.7 Å². The number of halogens is 1. The Morgan fingerprint density at radius 1 is 1.39 bits per heavy atom. The number of hydrogen-bond donors (Lipinski definition) is 1. The molecule has 0 bridgehead atoms. The molecule has 1 aromatic rings. The first kappa shape index (κ1) is 18.0. The van der Waals surface area contributed by atoms with Crippen molar-refractivity contribution in [2.24, 2.45) is 5.10 Å². The van der Waals surface area contributed by atoms with E-state index in [1.165, 1.54) is 0 Å². The lowest BCUT2D eigenvalue weighted by molar-refractivity contribution is -0.123. The molecule has 0 aromatic heterocycles. The van der Waals surface area contributed by atoms with Gasteiger partial charge in [0.1, 0.15) is 0 Å². The minimum atomic E-state index is -0.140. The Morgan fingerprint density at radius 2 is 2.13 bits per heavy atom. The Kier molecular flexibility index (Phi) is 7.06. The van der Waals surface area contributed by atoms with E-state index in [1.54, 1.807) is 26.5 Å². The van der Waals surface area contributed by atoms with Crippen LogP contribution in [0.4, 0.5) is 0 Å². The van der Waals surface area contributed by atoms with Crippen LogP contribution in [0.3, 0.4) is 0 Å². The minimum absolute atomic E-state index is 0.140. The minimum Gasteiger partial charge on any atom is -0.493 e. The van der Waals surface area contributed by atoms with Crippen LogP contribution in [0.5, 0.6) is 11.5 Å². The van der Waals surface area contributed by atoms with Gasteiger partial charge in [0.2, 0.25) is 0 Å². The van der Waals surface area contributed by atoms with Crippen LogP contribution in [-0.4, -0.2) is 64.1 Å². The highest BCUT2D eigenvalue weighted by Gasteiger charge is 2.13. The van der Waals surface area contributed by atoms with E-state index in [2.05, 4.69) is 33.1 Å². The first-order valence-corrected chi connectivity index (χ1v) is 8.25. The Morgan fingerprint density at radius 3 is 2.78 bits per heavy atom.